The van der Waals surface area contributed by atoms with E-state index in [0.717, 1.165) is 12.1 Å². The van der Waals surface area contributed by atoms with Crippen LogP contribution in [0.15, 0.2) is 36.4 Å². The van der Waals surface area contributed by atoms with Gasteiger partial charge in [-0.1, -0.05) is 12.1 Å². The van der Waals surface area contributed by atoms with Crippen molar-refractivity contribution in [2.75, 3.05) is 0 Å². The summed E-state index contributed by atoms with van der Waals surface area (Å²) in [5, 5.41) is 0. The molecule has 0 fully saturated rings. The van der Waals surface area contributed by atoms with Gasteiger partial charge in [-0.15, -0.1) is 0 Å². The minimum Gasteiger partial charge on any atom is -0.298 e. The average molecular weight is 236 g/mol. The van der Waals surface area contributed by atoms with Gasteiger partial charge in [-0.25, -0.2) is 13.2 Å². The Balaban J connectivity index is 2.70. The van der Waals surface area contributed by atoms with Gasteiger partial charge in [-0.05, 0) is 23.8 Å². The van der Waals surface area contributed by atoms with Crippen LogP contribution in [0.2, 0.25) is 0 Å². The van der Waals surface area contributed by atoms with Crippen LogP contribution < -0.4 is 0 Å². The molecule has 0 amide bonds. The van der Waals surface area contributed by atoms with Gasteiger partial charge < -0.3 is 0 Å². The third-order valence-corrected chi connectivity index (χ3v) is 2.33. The van der Waals surface area contributed by atoms with Gasteiger partial charge in [0.1, 0.15) is 17.5 Å². The van der Waals surface area contributed by atoms with Crippen molar-refractivity contribution < 1.29 is 18.0 Å². The lowest BCUT2D eigenvalue weighted by molar-refractivity contribution is 0.112. The second-order valence-electron chi connectivity index (χ2n) is 3.48. The van der Waals surface area contributed by atoms with Crippen LogP contribution in [0.5, 0.6) is 0 Å². The Morgan fingerprint density at radius 3 is 2.35 bits per heavy atom. The van der Waals surface area contributed by atoms with Crippen molar-refractivity contribution in [3.8, 4) is 11.1 Å². The van der Waals surface area contributed by atoms with Crippen LogP contribution in [0.4, 0.5) is 13.2 Å². The lowest BCUT2D eigenvalue weighted by Crippen LogP contribution is -1.95. The first-order valence-electron chi connectivity index (χ1n) is 4.82. The molecule has 0 aromatic heterocycles. The number of benzene rings is 2. The third-order valence-electron chi connectivity index (χ3n) is 2.33. The molecule has 17 heavy (non-hydrogen) atoms. The van der Waals surface area contributed by atoms with Crippen molar-refractivity contribution in [3.05, 3.63) is 59.4 Å². The summed E-state index contributed by atoms with van der Waals surface area (Å²) < 4.78 is 39.5. The van der Waals surface area contributed by atoms with Gasteiger partial charge in [-0.3, -0.25) is 4.79 Å². The highest BCUT2D eigenvalue weighted by Gasteiger charge is 2.13. The second kappa shape index (κ2) is 4.41. The lowest BCUT2D eigenvalue weighted by atomic mass is 9.99. The summed E-state index contributed by atoms with van der Waals surface area (Å²) in [6.45, 7) is 0. The van der Waals surface area contributed by atoms with Crippen LogP contribution in [-0.4, -0.2) is 6.29 Å². The van der Waals surface area contributed by atoms with Gasteiger partial charge in [0.15, 0.2) is 6.29 Å². The summed E-state index contributed by atoms with van der Waals surface area (Å²) in [5.41, 5.74) is -0.0430. The van der Waals surface area contributed by atoms with Gasteiger partial charge >= 0.3 is 0 Å². The summed E-state index contributed by atoms with van der Waals surface area (Å²) in [4.78, 5) is 10.8. The quantitative estimate of drug-likeness (QED) is 0.728. The van der Waals surface area contributed by atoms with Crippen LogP contribution in [0.3, 0.4) is 0 Å². The highest BCUT2D eigenvalue weighted by Crippen LogP contribution is 2.27. The van der Waals surface area contributed by atoms with Gasteiger partial charge in [-0.2, -0.15) is 0 Å². The maximum Gasteiger partial charge on any atom is 0.150 e. The van der Waals surface area contributed by atoms with E-state index in [1.54, 1.807) is 0 Å². The Morgan fingerprint density at radius 2 is 1.71 bits per heavy atom. The van der Waals surface area contributed by atoms with E-state index < -0.39 is 17.5 Å². The fourth-order valence-corrected chi connectivity index (χ4v) is 1.63. The van der Waals surface area contributed by atoms with Crippen LogP contribution in [0.1, 0.15) is 10.4 Å². The third kappa shape index (κ3) is 2.20. The summed E-state index contributed by atoms with van der Waals surface area (Å²) in [7, 11) is 0. The standard InChI is InChI=1S/C13H7F3O/c14-10-3-1-2-8(4-10)13-9(7-17)5-11(15)6-12(13)16/h1-7H. The summed E-state index contributed by atoms with van der Waals surface area (Å²) >= 11 is 0. The van der Waals surface area contributed by atoms with Crippen molar-refractivity contribution in [2.45, 2.75) is 0 Å². The number of halogens is 3. The SMILES string of the molecule is O=Cc1cc(F)cc(F)c1-c1cccc(F)c1. The van der Waals surface area contributed by atoms with E-state index in [2.05, 4.69) is 0 Å². The molecule has 2 rings (SSSR count). The molecule has 0 heterocycles. The predicted octanol–water partition coefficient (Wildman–Crippen LogP) is 3.58. The Hall–Kier alpha value is -2.10. The molecule has 0 atom stereocenters. The molecular formula is C13H7F3O. The summed E-state index contributed by atoms with van der Waals surface area (Å²) in [6.07, 6.45) is 0.340. The molecule has 0 N–H and O–H groups in total. The monoisotopic (exact) mass is 236 g/mol. The first kappa shape index (κ1) is 11.4. The van der Waals surface area contributed by atoms with Crippen molar-refractivity contribution in [2.24, 2.45) is 0 Å². The second-order valence-corrected chi connectivity index (χ2v) is 3.48. The van der Waals surface area contributed by atoms with E-state index in [-0.39, 0.29) is 16.7 Å². The van der Waals surface area contributed by atoms with E-state index in [9.17, 15) is 18.0 Å². The minimum absolute atomic E-state index is 0.0964. The molecule has 0 aliphatic rings. The molecule has 1 nitrogen and oxygen atoms in total. The molecule has 4 heteroatoms. The fraction of sp³-hybridized carbons (Fsp3) is 0. The number of hydrogen-bond donors (Lipinski definition) is 0. The largest absolute Gasteiger partial charge is 0.298 e. The van der Waals surface area contributed by atoms with E-state index >= 15 is 0 Å². The molecule has 0 bridgehead atoms. The molecule has 0 spiro atoms. The van der Waals surface area contributed by atoms with Crippen LogP contribution in [0.25, 0.3) is 11.1 Å². The molecule has 0 aliphatic carbocycles. The number of hydrogen-bond acceptors (Lipinski definition) is 1. The highest BCUT2D eigenvalue weighted by atomic mass is 19.1. The van der Waals surface area contributed by atoms with Crippen LogP contribution in [0, 0.1) is 17.5 Å². The lowest BCUT2D eigenvalue weighted by Gasteiger charge is -2.07. The van der Waals surface area contributed by atoms with E-state index in [1.807, 2.05) is 0 Å². The van der Waals surface area contributed by atoms with Gasteiger partial charge in [0.05, 0.1) is 0 Å². The molecule has 0 radical (unpaired) electrons. The fourth-order valence-electron chi connectivity index (χ4n) is 1.63. The van der Waals surface area contributed by atoms with E-state index in [1.165, 1.54) is 18.2 Å². The normalized spacial score (nSPS) is 10.3. The Morgan fingerprint density at radius 1 is 0.941 bits per heavy atom. The number of rotatable bonds is 2. The molecule has 2 aromatic rings. The Bertz CT molecular complexity index is 579. The molecule has 0 aliphatic heterocycles. The zero-order valence-electron chi connectivity index (χ0n) is 8.58. The zero-order valence-corrected chi connectivity index (χ0v) is 8.58. The molecule has 2 aromatic carbocycles. The number of carbonyl (C=O) groups excluding carboxylic acids is 1. The van der Waals surface area contributed by atoms with Crippen molar-refractivity contribution in [3.63, 3.8) is 0 Å². The molecular weight excluding hydrogens is 229 g/mol. The van der Waals surface area contributed by atoms with Crippen LogP contribution in [-0.2, 0) is 0 Å². The number of aldehydes is 1. The highest BCUT2D eigenvalue weighted by molar-refractivity contribution is 5.87. The topological polar surface area (TPSA) is 17.1 Å². The molecule has 0 saturated carbocycles. The molecule has 86 valence electrons. The van der Waals surface area contributed by atoms with E-state index in [0.29, 0.717) is 12.4 Å². The van der Waals surface area contributed by atoms with Crippen molar-refractivity contribution in [1.82, 2.24) is 0 Å². The zero-order chi connectivity index (χ0) is 12.4. The summed E-state index contributed by atoms with van der Waals surface area (Å²) in [5.74, 6) is -2.29. The van der Waals surface area contributed by atoms with Gasteiger partial charge in [0, 0.05) is 17.2 Å². The Kier molecular flexibility index (Phi) is 2.95. The smallest absolute Gasteiger partial charge is 0.150 e. The van der Waals surface area contributed by atoms with Crippen molar-refractivity contribution >= 4 is 6.29 Å². The Labute approximate surface area is 95.5 Å². The van der Waals surface area contributed by atoms with Crippen LogP contribution >= 0.6 is 0 Å². The first-order valence-corrected chi connectivity index (χ1v) is 4.82. The van der Waals surface area contributed by atoms with E-state index in [4.69, 9.17) is 0 Å². The predicted molar refractivity (Wildman–Crippen MR) is 57.1 cm³/mol. The maximum absolute atomic E-state index is 13.6. The maximum atomic E-state index is 13.6. The first-order chi connectivity index (χ1) is 8.11. The summed E-state index contributed by atoms with van der Waals surface area (Å²) in [6, 6.07) is 6.70. The van der Waals surface area contributed by atoms with Crippen molar-refractivity contribution in [1.29, 1.82) is 0 Å². The number of carbonyl (C=O) groups is 1. The molecule has 0 saturated heterocycles. The van der Waals surface area contributed by atoms with Gasteiger partial charge in [0.2, 0.25) is 0 Å². The average Bonchev–Trinajstić information content (AvgIpc) is 2.27. The van der Waals surface area contributed by atoms with Gasteiger partial charge in [0.25, 0.3) is 0 Å². The minimum atomic E-state index is -0.891. The molecule has 0 unspecified atom stereocenters.